The Morgan fingerprint density at radius 3 is 3.00 bits per heavy atom. The summed E-state index contributed by atoms with van der Waals surface area (Å²) in [6.45, 7) is 4.00. The lowest BCUT2D eigenvalue weighted by molar-refractivity contribution is 1.01. The molecule has 62 valence electrons. The fourth-order valence-corrected chi connectivity index (χ4v) is 1.27. The summed E-state index contributed by atoms with van der Waals surface area (Å²) < 4.78 is 0. The van der Waals surface area contributed by atoms with Gasteiger partial charge in [0.25, 0.3) is 0 Å². The van der Waals surface area contributed by atoms with Crippen molar-refractivity contribution in [3.63, 3.8) is 0 Å². The largest absolute Gasteiger partial charge is 0.274 e. The van der Waals surface area contributed by atoms with Crippen LogP contribution in [-0.4, -0.2) is 20.2 Å². The molecule has 1 N–H and O–H groups in total. The van der Waals surface area contributed by atoms with Crippen LogP contribution in [-0.2, 0) is 6.42 Å². The molecule has 0 saturated carbocycles. The van der Waals surface area contributed by atoms with Gasteiger partial charge in [0.1, 0.15) is 17.4 Å². The van der Waals surface area contributed by atoms with Crippen LogP contribution in [0.15, 0.2) is 6.33 Å². The zero-order valence-corrected chi connectivity index (χ0v) is 7.13. The zero-order chi connectivity index (χ0) is 8.55. The zero-order valence-electron chi connectivity index (χ0n) is 7.13. The van der Waals surface area contributed by atoms with Crippen LogP contribution in [0.4, 0.5) is 0 Å². The summed E-state index contributed by atoms with van der Waals surface area (Å²) in [5.74, 6) is 0. The van der Waals surface area contributed by atoms with Crippen molar-refractivity contribution in [3.8, 4) is 0 Å². The highest BCUT2D eigenvalue weighted by atomic mass is 15.1. The predicted molar refractivity (Wildman–Crippen MR) is 45.8 cm³/mol. The third kappa shape index (κ3) is 0.879. The molecule has 2 aromatic rings. The summed E-state index contributed by atoms with van der Waals surface area (Å²) in [7, 11) is 0. The van der Waals surface area contributed by atoms with E-state index in [9.17, 15) is 0 Å². The third-order valence-corrected chi connectivity index (χ3v) is 1.94. The van der Waals surface area contributed by atoms with E-state index in [2.05, 4.69) is 27.1 Å². The number of hydrogen-bond acceptors (Lipinski definition) is 3. The van der Waals surface area contributed by atoms with E-state index < -0.39 is 0 Å². The monoisotopic (exact) mass is 162 g/mol. The number of H-pyrrole nitrogens is 1. The Bertz CT molecular complexity index is 404. The molecule has 2 rings (SSSR count). The van der Waals surface area contributed by atoms with Crippen LogP contribution in [0, 0.1) is 6.92 Å². The molecule has 12 heavy (non-hydrogen) atoms. The van der Waals surface area contributed by atoms with E-state index in [-0.39, 0.29) is 0 Å². The molecule has 4 heteroatoms. The van der Waals surface area contributed by atoms with Crippen LogP contribution in [0.2, 0.25) is 0 Å². The minimum absolute atomic E-state index is 0.903. The average Bonchev–Trinajstić information content (AvgIpc) is 2.48. The van der Waals surface area contributed by atoms with Gasteiger partial charge in [0.05, 0.1) is 11.4 Å². The first-order valence-corrected chi connectivity index (χ1v) is 3.97. The molecule has 0 aromatic carbocycles. The maximum atomic E-state index is 4.16. The van der Waals surface area contributed by atoms with E-state index in [0.29, 0.717) is 0 Å². The van der Waals surface area contributed by atoms with Crippen LogP contribution < -0.4 is 0 Å². The van der Waals surface area contributed by atoms with Crippen molar-refractivity contribution in [2.24, 2.45) is 0 Å². The summed E-state index contributed by atoms with van der Waals surface area (Å²) in [5, 5.41) is 7.01. The molecule has 0 atom stereocenters. The van der Waals surface area contributed by atoms with Crippen molar-refractivity contribution in [2.75, 3.05) is 0 Å². The second-order valence-electron chi connectivity index (χ2n) is 2.71. The minimum atomic E-state index is 0.903. The highest BCUT2D eigenvalue weighted by molar-refractivity contribution is 5.78. The lowest BCUT2D eigenvalue weighted by atomic mass is 10.2. The molecule has 4 nitrogen and oxygen atoms in total. The summed E-state index contributed by atoms with van der Waals surface area (Å²) in [6.07, 6.45) is 2.49. The van der Waals surface area contributed by atoms with Gasteiger partial charge in [-0.15, -0.1) is 0 Å². The minimum Gasteiger partial charge on any atom is -0.274 e. The van der Waals surface area contributed by atoms with Gasteiger partial charge in [0.2, 0.25) is 0 Å². The normalized spacial score (nSPS) is 10.8. The third-order valence-electron chi connectivity index (χ3n) is 1.94. The van der Waals surface area contributed by atoms with Gasteiger partial charge in [-0.3, -0.25) is 5.10 Å². The molecule has 0 aliphatic rings. The van der Waals surface area contributed by atoms with E-state index >= 15 is 0 Å². The molecule has 0 spiro atoms. The number of fused-ring (bicyclic) bond motifs is 1. The first kappa shape index (κ1) is 7.21. The first-order valence-electron chi connectivity index (χ1n) is 3.97. The molecule has 0 aliphatic heterocycles. The maximum absolute atomic E-state index is 4.16. The number of hydrogen-bond donors (Lipinski definition) is 1. The van der Waals surface area contributed by atoms with Gasteiger partial charge >= 0.3 is 0 Å². The molecular weight excluding hydrogens is 152 g/mol. The predicted octanol–water partition coefficient (Wildman–Crippen LogP) is 1.22. The molecule has 0 radical (unpaired) electrons. The number of nitrogens with one attached hydrogen (secondary N) is 1. The van der Waals surface area contributed by atoms with Gasteiger partial charge in [0, 0.05) is 0 Å². The molecule has 0 unspecified atom stereocenters. The van der Waals surface area contributed by atoms with Crippen LogP contribution in [0.1, 0.15) is 18.3 Å². The number of rotatable bonds is 1. The van der Waals surface area contributed by atoms with Crippen molar-refractivity contribution < 1.29 is 0 Å². The molecule has 0 aliphatic carbocycles. The lowest BCUT2D eigenvalue weighted by Gasteiger charge is -1.94. The summed E-state index contributed by atoms with van der Waals surface area (Å²) in [6, 6.07) is 0. The van der Waals surface area contributed by atoms with Crippen molar-refractivity contribution in [1.29, 1.82) is 0 Å². The molecule has 0 bridgehead atoms. The number of aromatic nitrogens is 4. The van der Waals surface area contributed by atoms with Crippen LogP contribution in [0.25, 0.3) is 11.0 Å². The maximum Gasteiger partial charge on any atom is 0.116 e. The summed E-state index contributed by atoms with van der Waals surface area (Å²) in [5.41, 5.74) is 3.86. The van der Waals surface area contributed by atoms with Gasteiger partial charge in [-0.25, -0.2) is 9.97 Å². The van der Waals surface area contributed by atoms with Gasteiger partial charge in [0.15, 0.2) is 0 Å². The Morgan fingerprint density at radius 1 is 1.42 bits per heavy atom. The second-order valence-corrected chi connectivity index (χ2v) is 2.71. The van der Waals surface area contributed by atoms with Crippen molar-refractivity contribution in [1.82, 2.24) is 20.2 Å². The summed E-state index contributed by atoms with van der Waals surface area (Å²) >= 11 is 0. The molecule has 2 heterocycles. The highest BCUT2D eigenvalue weighted by Gasteiger charge is 2.05. The Kier molecular flexibility index (Phi) is 1.53. The van der Waals surface area contributed by atoms with Crippen LogP contribution >= 0.6 is 0 Å². The fraction of sp³-hybridized carbons (Fsp3) is 0.375. The topological polar surface area (TPSA) is 54.5 Å². The lowest BCUT2D eigenvalue weighted by Crippen LogP contribution is -1.90. The van der Waals surface area contributed by atoms with Gasteiger partial charge < -0.3 is 0 Å². The number of aromatic amines is 1. The van der Waals surface area contributed by atoms with E-state index in [4.69, 9.17) is 0 Å². The van der Waals surface area contributed by atoms with Gasteiger partial charge in [-0.2, -0.15) is 5.10 Å². The van der Waals surface area contributed by atoms with Gasteiger partial charge in [-0.05, 0) is 13.3 Å². The number of nitrogens with zero attached hydrogens (tertiary/aromatic N) is 3. The van der Waals surface area contributed by atoms with Crippen LogP contribution in [0.5, 0.6) is 0 Å². The smallest absolute Gasteiger partial charge is 0.116 e. The standard InChI is InChI=1S/C8H10N4/c1-3-6-8-7(10-4-9-6)5(2)11-12-8/h4H,3H2,1-2H3,(H,11,12). The average molecular weight is 162 g/mol. The van der Waals surface area contributed by atoms with Crippen molar-refractivity contribution >= 4 is 11.0 Å². The molecule has 0 saturated heterocycles. The first-order chi connectivity index (χ1) is 5.83. The Labute approximate surface area is 70.0 Å². The van der Waals surface area contributed by atoms with E-state index in [0.717, 1.165) is 28.8 Å². The molecular formula is C8H10N4. The quantitative estimate of drug-likeness (QED) is 0.686. The fourth-order valence-electron chi connectivity index (χ4n) is 1.27. The Hall–Kier alpha value is -1.45. The highest BCUT2D eigenvalue weighted by Crippen LogP contribution is 2.14. The van der Waals surface area contributed by atoms with E-state index in [1.807, 2.05) is 6.92 Å². The Morgan fingerprint density at radius 2 is 2.25 bits per heavy atom. The van der Waals surface area contributed by atoms with Crippen LogP contribution in [0.3, 0.4) is 0 Å². The van der Waals surface area contributed by atoms with E-state index in [1.54, 1.807) is 6.33 Å². The van der Waals surface area contributed by atoms with Crippen molar-refractivity contribution in [3.05, 3.63) is 17.7 Å². The molecule has 0 amide bonds. The SMILES string of the molecule is CCc1ncnc2c(C)n[nH]c12. The van der Waals surface area contributed by atoms with E-state index in [1.165, 1.54) is 0 Å². The summed E-state index contributed by atoms with van der Waals surface area (Å²) in [4.78, 5) is 8.30. The molecule has 0 fully saturated rings. The van der Waals surface area contributed by atoms with Gasteiger partial charge in [-0.1, -0.05) is 6.92 Å². The number of aryl methyl sites for hydroxylation is 2. The van der Waals surface area contributed by atoms with Crippen molar-refractivity contribution in [2.45, 2.75) is 20.3 Å². The second kappa shape index (κ2) is 2.55. The Balaban J connectivity index is 2.81. The molecule has 2 aromatic heterocycles.